The van der Waals surface area contributed by atoms with Crippen LogP contribution in [0.2, 0.25) is 0 Å². The van der Waals surface area contributed by atoms with Crippen LogP contribution < -0.4 is 24.3 Å². The van der Waals surface area contributed by atoms with Crippen molar-refractivity contribution in [2.75, 3.05) is 33.9 Å². The van der Waals surface area contributed by atoms with E-state index in [0.717, 1.165) is 22.3 Å². The number of nitrogens with zero attached hydrogens (tertiary/aromatic N) is 4. The molecule has 0 saturated heterocycles. The maximum Gasteiger partial charge on any atom is 0.275 e. The highest BCUT2D eigenvalue weighted by molar-refractivity contribution is 5.94. The van der Waals surface area contributed by atoms with Crippen molar-refractivity contribution in [2.45, 2.75) is 31.7 Å². The number of imidazole rings is 1. The average molecular weight is 634 g/mol. The van der Waals surface area contributed by atoms with Crippen LogP contribution in [0.15, 0.2) is 79.1 Å². The van der Waals surface area contributed by atoms with E-state index in [-0.39, 0.29) is 11.8 Å². The first-order chi connectivity index (χ1) is 23.0. The van der Waals surface area contributed by atoms with Crippen LogP contribution in [0, 0.1) is 0 Å². The van der Waals surface area contributed by atoms with Gasteiger partial charge in [-0.25, -0.2) is 9.50 Å². The summed E-state index contributed by atoms with van der Waals surface area (Å²) >= 11 is 0. The molecular formula is C36H35N5O6. The van der Waals surface area contributed by atoms with Gasteiger partial charge in [-0.15, -0.1) is 0 Å². The highest BCUT2D eigenvalue weighted by atomic mass is 16.5. The van der Waals surface area contributed by atoms with E-state index in [1.807, 2.05) is 65.6 Å². The number of methoxy groups -OCH3 is 2. The molecule has 3 aromatic carbocycles. The summed E-state index contributed by atoms with van der Waals surface area (Å²) in [6.45, 7) is 1.30. The Morgan fingerprint density at radius 3 is 2.72 bits per heavy atom. The zero-order valence-corrected chi connectivity index (χ0v) is 26.3. The van der Waals surface area contributed by atoms with E-state index in [4.69, 9.17) is 18.9 Å². The molecule has 11 heteroatoms. The van der Waals surface area contributed by atoms with Crippen molar-refractivity contribution >= 4 is 17.5 Å². The van der Waals surface area contributed by atoms with Crippen molar-refractivity contribution in [1.82, 2.24) is 24.8 Å². The maximum absolute atomic E-state index is 14.4. The van der Waals surface area contributed by atoms with E-state index in [9.17, 15) is 9.59 Å². The van der Waals surface area contributed by atoms with Gasteiger partial charge in [0, 0.05) is 25.7 Å². The van der Waals surface area contributed by atoms with Gasteiger partial charge in [0.1, 0.15) is 5.75 Å². The first kappa shape index (κ1) is 30.1. The standard InChI is InChI=1S/C36H35N5O6/c1-44-29-11-10-25-20-31(29)46-17-5-14-37-34(42)12-9-23-6-3-7-26(18-23)47-32-19-24-13-16-40(35(25)27(24)21-30(32)45-2)36(43)28-22-38-33-8-4-15-39-41(28)33/h3-4,6-8,10-11,15,18-22,35H,5,9,12-14,16-17H2,1-2H3,(H,37,42). The number of hydrogen-bond acceptors (Lipinski definition) is 8. The van der Waals surface area contributed by atoms with Gasteiger partial charge in [0.25, 0.3) is 5.91 Å². The fourth-order valence-electron chi connectivity index (χ4n) is 6.26. The van der Waals surface area contributed by atoms with Gasteiger partial charge in [0.05, 0.1) is 33.1 Å². The molecule has 8 rings (SSSR count). The van der Waals surface area contributed by atoms with Crippen LogP contribution in [0.3, 0.4) is 0 Å². The Labute approximate surface area is 272 Å². The van der Waals surface area contributed by atoms with Crippen molar-refractivity contribution in [3.63, 3.8) is 0 Å². The molecular weight excluding hydrogens is 598 g/mol. The van der Waals surface area contributed by atoms with Crippen molar-refractivity contribution < 1.29 is 28.5 Å². The Balaban J connectivity index is 1.35. The monoisotopic (exact) mass is 633 g/mol. The van der Waals surface area contributed by atoms with Crippen molar-refractivity contribution in [3.8, 4) is 28.7 Å². The SMILES string of the molecule is COc1ccc2cc1OCCCNC(=O)CCc1cccc(c1)Oc1cc3c(cc1OC)C2N(C(=O)c1cnc2cccnn12)CC3. The summed E-state index contributed by atoms with van der Waals surface area (Å²) in [7, 11) is 3.20. The molecule has 1 unspecified atom stereocenters. The van der Waals surface area contributed by atoms with E-state index < -0.39 is 6.04 Å². The van der Waals surface area contributed by atoms with E-state index in [1.165, 1.54) is 0 Å². The third-order valence-corrected chi connectivity index (χ3v) is 8.58. The molecule has 8 bridgehead atoms. The molecule has 11 nitrogen and oxygen atoms in total. The topological polar surface area (TPSA) is 117 Å². The highest BCUT2D eigenvalue weighted by Crippen LogP contribution is 2.44. The molecule has 5 aromatic rings. The lowest BCUT2D eigenvalue weighted by molar-refractivity contribution is -0.121. The number of aromatic nitrogens is 3. The Kier molecular flexibility index (Phi) is 8.35. The Morgan fingerprint density at radius 2 is 1.85 bits per heavy atom. The van der Waals surface area contributed by atoms with Gasteiger partial charge in [0.2, 0.25) is 5.91 Å². The number of nitrogens with one attached hydrogen (secondary N) is 1. The van der Waals surface area contributed by atoms with Gasteiger partial charge >= 0.3 is 0 Å². The predicted molar refractivity (Wildman–Crippen MR) is 174 cm³/mol. The number of hydrogen-bond donors (Lipinski definition) is 1. The lowest BCUT2D eigenvalue weighted by Crippen LogP contribution is -2.41. The van der Waals surface area contributed by atoms with Gasteiger partial charge in [-0.1, -0.05) is 18.2 Å². The van der Waals surface area contributed by atoms with E-state index in [2.05, 4.69) is 15.4 Å². The first-order valence-electron chi connectivity index (χ1n) is 15.7. The number of carbonyl (C=O) groups is 2. The number of benzene rings is 3. The minimum Gasteiger partial charge on any atom is -0.493 e. The lowest BCUT2D eigenvalue weighted by atomic mass is 9.87. The number of fused-ring (bicyclic) bond motifs is 9. The fraction of sp³-hybridized carbons (Fsp3) is 0.278. The molecule has 240 valence electrons. The molecule has 0 spiro atoms. The molecule has 0 saturated carbocycles. The summed E-state index contributed by atoms with van der Waals surface area (Å²) in [6, 6.07) is 20.5. The number of ether oxygens (including phenoxy) is 4. The van der Waals surface area contributed by atoms with Crippen LogP contribution >= 0.6 is 0 Å². The minimum atomic E-state index is -0.495. The molecule has 0 radical (unpaired) electrons. The third kappa shape index (κ3) is 6.04. The quantitative estimate of drug-likeness (QED) is 0.290. The maximum atomic E-state index is 14.4. The smallest absolute Gasteiger partial charge is 0.275 e. The van der Waals surface area contributed by atoms with E-state index in [0.29, 0.717) is 85.5 Å². The molecule has 0 aliphatic carbocycles. The molecule has 0 fully saturated rings. The molecule has 5 heterocycles. The van der Waals surface area contributed by atoms with Crippen LogP contribution in [0.1, 0.15) is 51.6 Å². The van der Waals surface area contributed by atoms with Gasteiger partial charge in [-0.05, 0) is 90.0 Å². The summed E-state index contributed by atoms with van der Waals surface area (Å²) in [5, 5.41) is 7.37. The minimum absolute atomic E-state index is 0.0249. The lowest BCUT2D eigenvalue weighted by Gasteiger charge is -2.38. The third-order valence-electron chi connectivity index (χ3n) is 8.58. The fourth-order valence-corrected chi connectivity index (χ4v) is 6.26. The molecule has 1 N–H and O–H groups in total. The Bertz CT molecular complexity index is 1960. The summed E-state index contributed by atoms with van der Waals surface area (Å²) in [6.07, 6.45) is 5.36. The van der Waals surface area contributed by atoms with Gasteiger partial charge in [-0.3, -0.25) is 9.59 Å². The summed E-state index contributed by atoms with van der Waals surface area (Å²) in [4.78, 5) is 33.2. The molecule has 2 aromatic heterocycles. The average Bonchev–Trinajstić information content (AvgIpc) is 3.53. The van der Waals surface area contributed by atoms with Crippen LogP contribution in [-0.2, 0) is 17.6 Å². The zero-order chi connectivity index (χ0) is 32.3. The van der Waals surface area contributed by atoms with Crippen molar-refractivity contribution in [1.29, 1.82) is 0 Å². The molecule has 3 aliphatic rings. The summed E-state index contributed by atoms with van der Waals surface area (Å²) in [5.41, 5.74) is 4.74. The molecule has 3 aliphatic heterocycles. The van der Waals surface area contributed by atoms with Gasteiger partial charge in [0.15, 0.2) is 34.3 Å². The normalized spacial score (nSPS) is 16.5. The molecule has 1 atom stereocenters. The van der Waals surface area contributed by atoms with Crippen molar-refractivity contribution in [2.24, 2.45) is 0 Å². The molecule has 47 heavy (non-hydrogen) atoms. The van der Waals surface area contributed by atoms with E-state index in [1.54, 1.807) is 37.2 Å². The second-order valence-corrected chi connectivity index (χ2v) is 11.5. The Morgan fingerprint density at radius 1 is 0.957 bits per heavy atom. The predicted octanol–water partition coefficient (Wildman–Crippen LogP) is 5.16. The van der Waals surface area contributed by atoms with Crippen LogP contribution in [0.25, 0.3) is 5.65 Å². The first-order valence-corrected chi connectivity index (χ1v) is 15.7. The summed E-state index contributed by atoms with van der Waals surface area (Å²) in [5.74, 6) is 2.64. The zero-order valence-electron chi connectivity index (χ0n) is 26.3. The number of rotatable bonds is 3. The summed E-state index contributed by atoms with van der Waals surface area (Å²) < 4.78 is 25.7. The molecule has 2 amide bonds. The van der Waals surface area contributed by atoms with E-state index >= 15 is 0 Å². The second-order valence-electron chi connectivity index (χ2n) is 11.5. The highest BCUT2D eigenvalue weighted by Gasteiger charge is 2.36. The Hall–Kier alpha value is -5.58. The van der Waals surface area contributed by atoms with Gasteiger partial charge < -0.3 is 29.2 Å². The van der Waals surface area contributed by atoms with Crippen LogP contribution in [0.4, 0.5) is 0 Å². The second kappa shape index (κ2) is 13.0. The largest absolute Gasteiger partial charge is 0.493 e. The van der Waals surface area contributed by atoms with Crippen LogP contribution in [0.5, 0.6) is 28.7 Å². The number of amides is 2. The number of aryl methyl sites for hydroxylation is 1. The number of carbonyl (C=O) groups excluding carboxylic acids is 2. The van der Waals surface area contributed by atoms with Crippen LogP contribution in [-0.4, -0.2) is 65.2 Å². The van der Waals surface area contributed by atoms with Gasteiger partial charge in [-0.2, -0.15) is 5.10 Å². The van der Waals surface area contributed by atoms with Crippen molar-refractivity contribution in [3.05, 3.63) is 107 Å².